The molecule has 0 aliphatic rings. The molecule has 2 aromatic rings. The summed E-state index contributed by atoms with van der Waals surface area (Å²) in [5, 5.41) is 2.90. The number of carbonyl (C=O) groups excluding carboxylic acids is 1. The standard InChI is InChI=1S/C14H15NO2/c1-11(10-12-6-3-2-4-7-12)15-14(16)13-8-5-9-17-13/h2-9,11H,10H2,1H3,(H,15,16). The zero-order valence-electron chi connectivity index (χ0n) is 9.72. The Hall–Kier alpha value is -2.03. The molecule has 1 amide bonds. The van der Waals surface area contributed by atoms with Crippen LogP contribution < -0.4 is 5.32 Å². The summed E-state index contributed by atoms with van der Waals surface area (Å²) >= 11 is 0. The number of rotatable bonds is 4. The second kappa shape index (κ2) is 5.34. The summed E-state index contributed by atoms with van der Waals surface area (Å²) in [7, 11) is 0. The molecule has 88 valence electrons. The van der Waals surface area contributed by atoms with Crippen LogP contribution in [0.3, 0.4) is 0 Å². The van der Waals surface area contributed by atoms with Crippen molar-refractivity contribution < 1.29 is 9.21 Å². The predicted molar refractivity (Wildman–Crippen MR) is 65.8 cm³/mol. The first kappa shape index (κ1) is 11.5. The van der Waals surface area contributed by atoms with Crippen LogP contribution in [0.2, 0.25) is 0 Å². The van der Waals surface area contributed by atoms with Gasteiger partial charge >= 0.3 is 0 Å². The molecule has 1 aromatic heterocycles. The van der Waals surface area contributed by atoms with E-state index in [1.165, 1.54) is 11.8 Å². The van der Waals surface area contributed by atoms with Gasteiger partial charge in [-0.05, 0) is 31.0 Å². The van der Waals surface area contributed by atoms with Crippen molar-refractivity contribution in [2.24, 2.45) is 0 Å². The van der Waals surface area contributed by atoms with Gasteiger partial charge in [-0.2, -0.15) is 0 Å². The Morgan fingerprint density at radius 2 is 2.00 bits per heavy atom. The van der Waals surface area contributed by atoms with E-state index in [9.17, 15) is 4.79 Å². The van der Waals surface area contributed by atoms with E-state index in [4.69, 9.17) is 4.42 Å². The van der Waals surface area contributed by atoms with Crippen molar-refractivity contribution in [1.82, 2.24) is 5.32 Å². The molecule has 17 heavy (non-hydrogen) atoms. The highest BCUT2D eigenvalue weighted by molar-refractivity contribution is 5.91. The van der Waals surface area contributed by atoms with Gasteiger partial charge in [0.1, 0.15) is 0 Å². The lowest BCUT2D eigenvalue weighted by atomic mass is 10.1. The van der Waals surface area contributed by atoms with Crippen molar-refractivity contribution in [3.63, 3.8) is 0 Å². The van der Waals surface area contributed by atoms with E-state index in [1.807, 2.05) is 25.1 Å². The van der Waals surface area contributed by atoms with E-state index in [2.05, 4.69) is 17.4 Å². The molecule has 1 atom stereocenters. The smallest absolute Gasteiger partial charge is 0.287 e. The van der Waals surface area contributed by atoms with Crippen molar-refractivity contribution in [3.05, 3.63) is 60.1 Å². The van der Waals surface area contributed by atoms with E-state index >= 15 is 0 Å². The lowest BCUT2D eigenvalue weighted by Crippen LogP contribution is -2.33. The van der Waals surface area contributed by atoms with Gasteiger partial charge in [-0.1, -0.05) is 30.3 Å². The maximum absolute atomic E-state index is 11.7. The number of furan rings is 1. The van der Waals surface area contributed by atoms with Gasteiger partial charge < -0.3 is 9.73 Å². The number of amides is 1. The highest BCUT2D eigenvalue weighted by Gasteiger charge is 2.11. The van der Waals surface area contributed by atoms with E-state index < -0.39 is 0 Å². The SMILES string of the molecule is CC(Cc1ccccc1)NC(=O)c1ccco1. The molecule has 2 rings (SSSR count). The molecule has 0 saturated carbocycles. The number of hydrogen-bond acceptors (Lipinski definition) is 2. The lowest BCUT2D eigenvalue weighted by molar-refractivity contribution is 0.0912. The highest BCUT2D eigenvalue weighted by atomic mass is 16.3. The van der Waals surface area contributed by atoms with Gasteiger partial charge in [0.15, 0.2) is 5.76 Å². The Morgan fingerprint density at radius 3 is 2.65 bits per heavy atom. The quantitative estimate of drug-likeness (QED) is 0.875. The van der Waals surface area contributed by atoms with Crippen LogP contribution in [0.25, 0.3) is 0 Å². The van der Waals surface area contributed by atoms with Gasteiger partial charge in [-0.15, -0.1) is 0 Å². The maximum atomic E-state index is 11.7. The second-order valence-electron chi connectivity index (χ2n) is 4.04. The minimum Gasteiger partial charge on any atom is -0.459 e. The first-order valence-corrected chi connectivity index (χ1v) is 5.64. The molecule has 1 heterocycles. The molecule has 1 unspecified atom stereocenters. The highest BCUT2D eigenvalue weighted by Crippen LogP contribution is 2.04. The van der Waals surface area contributed by atoms with Gasteiger partial charge in [0.25, 0.3) is 5.91 Å². The van der Waals surface area contributed by atoms with Crippen molar-refractivity contribution in [2.75, 3.05) is 0 Å². The van der Waals surface area contributed by atoms with Crippen LogP contribution in [0.1, 0.15) is 23.0 Å². The molecule has 0 aliphatic carbocycles. The van der Waals surface area contributed by atoms with Gasteiger partial charge in [0.05, 0.1) is 6.26 Å². The van der Waals surface area contributed by atoms with E-state index in [0.29, 0.717) is 5.76 Å². The lowest BCUT2D eigenvalue weighted by Gasteiger charge is -2.12. The molecule has 3 heteroatoms. The zero-order valence-corrected chi connectivity index (χ0v) is 9.72. The number of carbonyl (C=O) groups is 1. The summed E-state index contributed by atoms with van der Waals surface area (Å²) < 4.78 is 5.03. The van der Waals surface area contributed by atoms with Crippen LogP contribution in [-0.4, -0.2) is 11.9 Å². The fraction of sp³-hybridized carbons (Fsp3) is 0.214. The van der Waals surface area contributed by atoms with Gasteiger partial charge in [0, 0.05) is 6.04 Å². The van der Waals surface area contributed by atoms with Gasteiger partial charge in [-0.25, -0.2) is 0 Å². The van der Waals surface area contributed by atoms with Crippen LogP contribution in [0, 0.1) is 0 Å². The molecule has 0 aliphatic heterocycles. The predicted octanol–water partition coefficient (Wildman–Crippen LogP) is 2.64. The van der Waals surface area contributed by atoms with E-state index in [0.717, 1.165) is 6.42 Å². The van der Waals surface area contributed by atoms with Crippen molar-refractivity contribution in [3.8, 4) is 0 Å². The summed E-state index contributed by atoms with van der Waals surface area (Å²) in [6.07, 6.45) is 2.31. The third-order valence-corrected chi connectivity index (χ3v) is 2.51. The summed E-state index contributed by atoms with van der Waals surface area (Å²) in [6, 6.07) is 13.5. The van der Waals surface area contributed by atoms with Crippen LogP contribution in [0.15, 0.2) is 53.1 Å². The molecule has 0 bridgehead atoms. The maximum Gasteiger partial charge on any atom is 0.287 e. The molecule has 0 saturated heterocycles. The first-order chi connectivity index (χ1) is 8.25. The van der Waals surface area contributed by atoms with Crippen molar-refractivity contribution in [2.45, 2.75) is 19.4 Å². The molecular weight excluding hydrogens is 214 g/mol. The molecule has 1 aromatic carbocycles. The fourth-order valence-electron chi connectivity index (χ4n) is 1.72. The molecule has 0 spiro atoms. The Kier molecular flexibility index (Phi) is 3.60. The average molecular weight is 229 g/mol. The fourth-order valence-corrected chi connectivity index (χ4v) is 1.72. The summed E-state index contributed by atoms with van der Waals surface area (Å²) in [6.45, 7) is 1.98. The van der Waals surface area contributed by atoms with Crippen LogP contribution in [-0.2, 0) is 6.42 Å². The molecule has 0 radical (unpaired) electrons. The average Bonchev–Trinajstić information content (AvgIpc) is 2.83. The summed E-state index contributed by atoms with van der Waals surface area (Å²) in [5.74, 6) is 0.184. The Morgan fingerprint density at radius 1 is 1.24 bits per heavy atom. The Balaban J connectivity index is 1.90. The number of hydrogen-bond donors (Lipinski definition) is 1. The number of nitrogens with one attached hydrogen (secondary N) is 1. The minimum atomic E-state index is -0.168. The van der Waals surface area contributed by atoms with Crippen LogP contribution in [0.4, 0.5) is 0 Å². The largest absolute Gasteiger partial charge is 0.459 e. The first-order valence-electron chi connectivity index (χ1n) is 5.64. The van der Waals surface area contributed by atoms with Gasteiger partial charge in [0.2, 0.25) is 0 Å². The third-order valence-electron chi connectivity index (χ3n) is 2.51. The van der Waals surface area contributed by atoms with E-state index in [1.54, 1.807) is 12.1 Å². The monoisotopic (exact) mass is 229 g/mol. The third kappa shape index (κ3) is 3.21. The topological polar surface area (TPSA) is 42.2 Å². The Bertz CT molecular complexity index is 462. The normalized spacial score (nSPS) is 12.1. The summed E-state index contributed by atoms with van der Waals surface area (Å²) in [5.41, 5.74) is 1.21. The molecule has 1 N–H and O–H groups in total. The van der Waals surface area contributed by atoms with Crippen LogP contribution >= 0.6 is 0 Å². The summed E-state index contributed by atoms with van der Waals surface area (Å²) in [4.78, 5) is 11.7. The van der Waals surface area contributed by atoms with E-state index in [-0.39, 0.29) is 11.9 Å². The van der Waals surface area contributed by atoms with Crippen molar-refractivity contribution in [1.29, 1.82) is 0 Å². The number of benzene rings is 1. The Labute approximate surface area is 100 Å². The van der Waals surface area contributed by atoms with Gasteiger partial charge in [-0.3, -0.25) is 4.79 Å². The van der Waals surface area contributed by atoms with Crippen molar-refractivity contribution >= 4 is 5.91 Å². The van der Waals surface area contributed by atoms with Crippen LogP contribution in [0.5, 0.6) is 0 Å². The molecule has 0 fully saturated rings. The second-order valence-corrected chi connectivity index (χ2v) is 4.04. The zero-order chi connectivity index (χ0) is 12.1. The molecular formula is C14H15NO2. The molecule has 3 nitrogen and oxygen atoms in total. The minimum absolute atomic E-state index is 0.0787.